The largest absolute Gasteiger partial charge is 0.462 e. The van der Waals surface area contributed by atoms with E-state index in [1.54, 1.807) is 18.7 Å². The number of benzene rings is 1. The number of pyridine rings is 1. The molecule has 3 rings (SSSR count). The van der Waals surface area contributed by atoms with Gasteiger partial charge < -0.3 is 9.30 Å². The van der Waals surface area contributed by atoms with Crippen LogP contribution in [0.4, 0.5) is 13.2 Å². The van der Waals surface area contributed by atoms with Gasteiger partial charge in [0.2, 0.25) is 5.43 Å². The van der Waals surface area contributed by atoms with Gasteiger partial charge in [0.1, 0.15) is 5.56 Å². The van der Waals surface area contributed by atoms with Crippen LogP contribution in [0, 0.1) is 17.5 Å². The third-order valence-electron chi connectivity index (χ3n) is 3.66. The SMILES string of the molecule is CCOC(=O)c1cn(C2CSC2)c2c(F)c(F)c(F)cc2c1=O. The molecule has 1 aromatic heterocycles. The van der Waals surface area contributed by atoms with E-state index in [1.807, 2.05) is 0 Å². The molecule has 4 nitrogen and oxygen atoms in total. The molecular weight excluding hydrogens is 331 g/mol. The molecule has 0 aliphatic carbocycles. The summed E-state index contributed by atoms with van der Waals surface area (Å²) in [6.45, 7) is 1.64. The minimum Gasteiger partial charge on any atom is -0.462 e. The molecule has 0 saturated carbocycles. The standard InChI is InChI=1S/C15H12F3NO3S/c1-2-22-15(21)9-4-19(7-5-23-6-7)13-8(14(9)20)3-10(16)11(17)12(13)18/h3-4,7H,2,5-6H2,1H3. The predicted molar refractivity (Wildman–Crippen MR) is 80.4 cm³/mol. The van der Waals surface area contributed by atoms with Gasteiger partial charge in [0.05, 0.1) is 23.6 Å². The van der Waals surface area contributed by atoms with Crippen LogP contribution >= 0.6 is 11.8 Å². The first-order chi connectivity index (χ1) is 11.0. The molecule has 0 N–H and O–H groups in total. The Morgan fingerprint density at radius 2 is 2.04 bits per heavy atom. The Kier molecular flexibility index (Phi) is 4.09. The van der Waals surface area contributed by atoms with Crippen molar-refractivity contribution in [2.24, 2.45) is 0 Å². The minimum atomic E-state index is -1.64. The third-order valence-corrected chi connectivity index (χ3v) is 4.90. The average molecular weight is 343 g/mol. The van der Waals surface area contributed by atoms with E-state index in [0.717, 1.165) is 0 Å². The Morgan fingerprint density at radius 3 is 2.61 bits per heavy atom. The van der Waals surface area contributed by atoms with Crippen molar-refractivity contribution in [1.29, 1.82) is 0 Å². The van der Waals surface area contributed by atoms with Crippen molar-refractivity contribution in [3.63, 3.8) is 0 Å². The number of fused-ring (bicyclic) bond motifs is 1. The fourth-order valence-corrected chi connectivity index (χ4v) is 3.21. The normalized spacial score (nSPS) is 14.8. The van der Waals surface area contributed by atoms with E-state index in [9.17, 15) is 22.8 Å². The van der Waals surface area contributed by atoms with E-state index in [4.69, 9.17) is 4.74 Å². The lowest BCUT2D eigenvalue weighted by Gasteiger charge is -2.29. The number of nitrogens with zero attached hydrogens (tertiary/aromatic N) is 1. The number of aromatic nitrogens is 1. The highest BCUT2D eigenvalue weighted by Gasteiger charge is 2.28. The lowest BCUT2D eigenvalue weighted by Crippen LogP contribution is -2.28. The molecule has 2 heterocycles. The van der Waals surface area contributed by atoms with Crippen LogP contribution in [0.3, 0.4) is 0 Å². The topological polar surface area (TPSA) is 48.3 Å². The summed E-state index contributed by atoms with van der Waals surface area (Å²) in [5.74, 6) is -4.16. The molecule has 122 valence electrons. The molecule has 0 amide bonds. The van der Waals surface area contributed by atoms with Crippen LogP contribution in [0.15, 0.2) is 17.1 Å². The van der Waals surface area contributed by atoms with Gasteiger partial charge >= 0.3 is 5.97 Å². The van der Waals surface area contributed by atoms with E-state index < -0.39 is 28.8 Å². The Labute approximate surface area is 133 Å². The van der Waals surface area contributed by atoms with Crippen molar-refractivity contribution < 1.29 is 22.7 Å². The van der Waals surface area contributed by atoms with Gasteiger partial charge in [0, 0.05) is 17.7 Å². The monoisotopic (exact) mass is 343 g/mol. The molecule has 1 fully saturated rings. The third kappa shape index (κ3) is 2.50. The van der Waals surface area contributed by atoms with E-state index >= 15 is 0 Å². The van der Waals surface area contributed by atoms with Gasteiger partial charge in [-0.1, -0.05) is 0 Å². The second-order valence-corrected chi connectivity index (χ2v) is 6.15. The molecule has 1 aliphatic rings. The zero-order valence-electron chi connectivity index (χ0n) is 12.1. The first-order valence-corrected chi connectivity index (χ1v) is 8.08. The molecule has 0 radical (unpaired) electrons. The zero-order chi connectivity index (χ0) is 16.7. The van der Waals surface area contributed by atoms with E-state index in [0.29, 0.717) is 17.6 Å². The first kappa shape index (κ1) is 15.9. The number of hydrogen-bond donors (Lipinski definition) is 0. The predicted octanol–water partition coefficient (Wildman–Crippen LogP) is 2.88. The molecule has 1 saturated heterocycles. The van der Waals surface area contributed by atoms with Crippen LogP contribution < -0.4 is 5.43 Å². The van der Waals surface area contributed by atoms with Crippen LogP contribution in [0.5, 0.6) is 0 Å². The van der Waals surface area contributed by atoms with Crippen molar-refractivity contribution in [2.45, 2.75) is 13.0 Å². The average Bonchev–Trinajstić information content (AvgIpc) is 2.46. The second-order valence-electron chi connectivity index (χ2n) is 5.07. The smallest absolute Gasteiger partial charge is 0.343 e. The Bertz CT molecular complexity index is 861. The van der Waals surface area contributed by atoms with Crippen LogP contribution in [0.25, 0.3) is 10.9 Å². The molecule has 1 aromatic carbocycles. The van der Waals surface area contributed by atoms with Crippen molar-refractivity contribution in [3.05, 3.63) is 45.5 Å². The van der Waals surface area contributed by atoms with E-state index in [1.165, 1.54) is 10.8 Å². The summed E-state index contributed by atoms with van der Waals surface area (Å²) in [5.41, 5.74) is -1.52. The van der Waals surface area contributed by atoms with Gasteiger partial charge in [-0.15, -0.1) is 0 Å². The maximum atomic E-state index is 14.2. The van der Waals surface area contributed by atoms with Gasteiger partial charge in [-0.05, 0) is 13.0 Å². The van der Waals surface area contributed by atoms with Crippen LogP contribution in [0.2, 0.25) is 0 Å². The fourth-order valence-electron chi connectivity index (χ4n) is 2.44. The van der Waals surface area contributed by atoms with Gasteiger partial charge in [-0.3, -0.25) is 4.79 Å². The highest BCUT2D eigenvalue weighted by molar-refractivity contribution is 8.00. The quantitative estimate of drug-likeness (QED) is 0.635. The summed E-state index contributed by atoms with van der Waals surface area (Å²) in [4.78, 5) is 24.3. The number of esters is 1. The Hall–Kier alpha value is -1.96. The number of rotatable bonds is 3. The number of thioether (sulfide) groups is 1. The van der Waals surface area contributed by atoms with Crippen LogP contribution in [-0.4, -0.2) is 28.6 Å². The molecule has 23 heavy (non-hydrogen) atoms. The zero-order valence-corrected chi connectivity index (χ0v) is 12.9. The number of hydrogen-bond acceptors (Lipinski definition) is 4. The van der Waals surface area contributed by atoms with Crippen molar-refractivity contribution >= 4 is 28.6 Å². The molecule has 0 atom stereocenters. The summed E-state index contributed by atoms with van der Waals surface area (Å²) < 4.78 is 47.4. The summed E-state index contributed by atoms with van der Waals surface area (Å²) in [6.07, 6.45) is 1.17. The Balaban J connectivity index is 2.37. The number of carbonyl (C=O) groups excluding carboxylic acids is 1. The number of ether oxygens (including phenoxy) is 1. The van der Waals surface area contributed by atoms with Gasteiger partial charge in [0.25, 0.3) is 0 Å². The molecule has 1 aliphatic heterocycles. The summed E-state index contributed by atoms with van der Waals surface area (Å²) in [6, 6.07) is 0.428. The molecule has 2 aromatic rings. The van der Waals surface area contributed by atoms with E-state index in [2.05, 4.69) is 0 Å². The summed E-state index contributed by atoms with van der Waals surface area (Å²) in [7, 11) is 0. The lowest BCUT2D eigenvalue weighted by molar-refractivity contribution is 0.0524. The highest BCUT2D eigenvalue weighted by Crippen LogP contribution is 2.33. The number of carbonyl (C=O) groups is 1. The van der Waals surface area contributed by atoms with E-state index in [-0.39, 0.29) is 29.1 Å². The molecule has 0 bridgehead atoms. The maximum Gasteiger partial charge on any atom is 0.343 e. The Morgan fingerprint density at radius 1 is 1.35 bits per heavy atom. The van der Waals surface area contributed by atoms with Crippen LogP contribution in [0.1, 0.15) is 23.3 Å². The molecule has 0 unspecified atom stereocenters. The summed E-state index contributed by atoms with van der Waals surface area (Å²) >= 11 is 1.59. The second kappa shape index (κ2) is 5.92. The molecule has 8 heteroatoms. The van der Waals surface area contributed by atoms with Gasteiger partial charge in [0.15, 0.2) is 17.5 Å². The highest BCUT2D eigenvalue weighted by atomic mass is 32.2. The number of halogens is 3. The van der Waals surface area contributed by atoms with Crippen LogP contribution in [-0.2, 0) is 4.74 Å². The van der Waals surface area contributed by atoms with Gasteiger partial charge in [-0.25, -0.2) is 18.0 Å². The first-order valence-electron chi connectivity index (χ1n) is 6.92. The maximum absolute atomic E-state index is 14.2. The fraction of sp³-hybridized carbons (Fsp3) is 0.333. The van der Waals surface area contributed by atoms with Crippen molar-refractivity contribution in [3.8, 4) is 0 Å². The summed E-state index contributed by atoms with van der Waals surface area (Å²) in [5, 5.41) is -0.371. The molecule has 0 spiro atoms. The molecular formula is C15H12F3NO3S. The minimum absolute atomic E-state index is 0.0573. The van der Waals surface area contributed by atoms with Crippen molar-refractivity contribution in [2.75, 3.05) is 18.1 Å². The van der Waals surface area contributed by atoms with Crippen molar-refractivity contribution in [1.82, 2.24) is 4.57 Å². The van der Waals surface area contributed by atoms with Gasteiger partial charge in [-0.2, -0.15) is 11.8 Å². The lowest BCUT2D eigenvalue weighted by atomic mass is 10.1.